The molecule has 3 aromatic rings. The number of morpholine rings is 1. The maximum absolute atomic E-state index is 13.9. The minimum Gasteiger partial charge on any atom is -0.379 e. The van der Waals surface area contributed by atoms with Crippen LogP contribution in [0.1, 0.15) is 18.1 Å². The summed E-state index contributed by atoms with van der Waals surface area (Å²) in [4.78, 5) is 11.5. The number of anilines is 2. The molecule has 0 atom stereocenters. The quantitative estimate of drug-likeness (QED) is 0.556. The molecule has 4 rings (SSSR count). The summed E-state index contributed by atoms with van der Waals surface area (Å²) in [6.07, 6.45) is 0. The van der Waals surface area contributed by atoms with Gasteiger partial charge in [-0.25, -0.2) is 13.8 Å². The van der Waals surface area contributed by atoms with Gasteiger partial charge in [0.05, 0.1) is 23.4 Å². The van der Waals surface area contributed by atoms with Gasteiger partial charge in [-0.3, -0.25) is 4.90 Å². The van der Waals surface area contributed by atoms with Crippen molar-refractivity contribution in [3.8, 4) is 0 Å². The van der Waals surface area contributed by atoms with Crippen LogP contribution in [0.4, 0.5) is 20.5 Å². The van der Waals surface area contributed by atoms with E-state index in [1.807, 2.05) is 11.4 Å². The first kappa shape index (κ1) is 20.9. The molecule has 30 heavy (non-hydrogen) atoms. The van der Waals surface area contributed by atoms with Crippen LogP contribution >= 0.6 is 11.3 Å². The second-order valence-electron chi connectivity index (χ2n) is 7.31. The Kier molecular flexibility index (Phi) is 6.40. The topological polar surface area (TPSA) is 62.3 Å². The largest absolute Gasteiger partial charge is 0.379 e. The Morgan fingerprint density at radius 2 is 1.93 bits per heavy atom. The zero-order chi connectivity index (χ0) is 21.0. The third kappa shape index (κ3) is 5.03. The van der Waals surface area contributed by atoms with Crippen LogP contribution in [-0.2, 0) is 17.2 Å². The van der Waals surface area contributed by atoms with Crippen LogP contribution < -0.4 is 10.6 Å². The molecule has 6 nitrogen and oxygen atoms in total. The molecular formula is C21H25F2N5OS. The molecule has 3 heterocycles. The molecule has 0 aliphatic carbocycles. The second-order valence-corrected chi connectivity index (χ2v) is 8.23. The van der Waals surface area contributed by atoms with Gasteiger partial charge in [-0.2, -0.15) is 4.98 Å². The molecule has 0 bridgehead atoms. The van der Waals surface area contributed by atoms with Gasteiger partial charge < -0.3 is 15.4 Å². The molecule has 2 aromatic heterocycles. The van der Waals surface area contributed by atoms with Crippen molar-refractivity contribution in [1.29, 1.82) is 0 Å². The highest BCUT2D eigenvalue weighted by Crippen LogP contribution is 2.31. The molecule has 0 radical (unpaired) electrons. The number of fused-ring (bicyclic) bond motifs is 1. The first-order valence-electron chi connectivity index (χ1n) is 10.00. The van der Waals surface area contributed by atoms with Crippen LogP contribution in [0.5, 0.6) is 0 Å². The van der Waals surface area contributed by atoms with Crippen molar-refractivity contribution in [1.82, 2.24) is 14.9 Å². The van der Waals surface area contributed by atoms with Gasteiger partial charge in [0.25, 0.3) is 5.92 Å². The molecule has 0 unspecified atom stereocenters. The summed E-state index contributed by atoms with van der Waals surface area (Å²) < 4.78 is 34.1. The van der Waals surface area contributed by atoms with Crippen LogP contribution in [0.3, 0.4) is 0 Å². The molecule has 1 aromatic carbocycles. The molecule has 160 valence electrons. The number of hydrogen-bond donors (Lipinski definition) is 2. The third-order valence-electron chi connectivity index (χ3n) is 5.06. The Hall–Kier alpha value is -2.36. The number of ether oxygens (including phenoxy) is 1. The monoisotopic (exact) mass is 433 g/mol. The predicted molar refractivity (Wildman–Crippen MR) is 117 cm³/mol. The lowest BCUT2D eigenvalue weighted by Crippen LogP contribution is -2.39. The van der Waals surface area contributed by atoms with Gasteiger partial charge in [-0.1, -0.05) is 24.3 Å². The number of rotatable bonds is 8. The maximum atomic E-state index is 13.9. The van der Waals surface area contributed by atoms with Gasteiger partial charge in [-0.15, -0.1) is 11.3 Å². The summed E-state index contributed by atoms with van der Waals surface area (Å²) in [5.74, 6) is -1.71. The second kappa shape index (κ2) is 9.20. The average Bonchev–Trinajstić information content (AvgIpc) is 3.21. The standard InChI is InChI=1S/C21H25F2N5OS/c1-21(22,23)16-5-3-2-4-15(16)14-25-19-18-17(6-13-30-18)26-20(27-19)24-7-8-28-9-11-29-12-10-28/h2-6,13H,7-12,14H2,1H3,(H2,24,25,26,27). The molecule has 1 aliphatic rings. The number of nitrogens with one attached hydrogen (secondary N) is 2. The summed E-state index contributed by atoms with van der Waals surface area (Å²) in [5.41, 5.74) is 1.41. The van der Waals surface area contributed by atoms with Gasteiger partial charge in [0.15, 0.2) is 0 Å². The van der Waals surface area contributed by atoms with Crippen LogP contribution in [0, 0.1) is 0 Å². The fraction of sp³-hybridized carbons (Fsp3) is 0.429. The maximum Gasteiger partial charge on any atom is 0.270 e. The SMILES string of the molecule is CC(F)(F)c1ccccc1CNc1nc(NCCN2CCOCC2)nc2ccsc12. The van der Waals surface area contributed by atoms with Crippen LogP contribution in [-0.4, -0.2) is 54.3 Å². The first-order chi connectivity index (χ1) is 14.5. The van der Waals surface area contributed by atoms with Gasteiger partial charge in [0.1, 0.15) is 5.82 Å². The highest BCUT2D eigenvalue weighted by molar-refractivity contribution is 7.17. The fourth-order valence-electron chi connectivity index (χ4n) is 3.49. The number of hydrogen-bond acceptors (Lipinski definition) is 7. The highest BCUT2D eigenvalue weighted by atomic mass is 32.1. The van der Waals surface area contributed by atoms with Crippen LogP contribution in [0.15, 0.2) is 35.7 Å². The molecule has 1 fully saturated rings. The molecule has 9 heteroatoms. The Morgan fingerprint density at radius 3 is 2.73 bits per heavy atom. The highest BCUT2D eigenvalue weighted by Gasteiger charge is 2.27. The van der Waals surface area contributed by atoms with E-state index >= 15 is 0 Å². The number of nitrogens with zero attached hydrogens (tertiary/aromatic N) is 3. The van der Waals surface area contributed by atoms with Gasteiger partial charge >= 0.3 is 0 Å². The minimum absolute atomic E-state index is 0.0258. The van der Waals surface area contributed by atoms with Crippen molar-refractivity contribution in [3.63, 3.8) is 0 Å². The van der Waals surface area contributed by atoms with E-state index in [1.54, 1.807) is 18.2 Å². The lowest BCUT2D eigenvalue weighted by atomic mass is 10.0. The van der Waals surface area contributed by atoms with E-state index in [0.717, 1.165) is 56.5 Å². The lowest BCUT2D eigenvalue weighted by molar-refractivity contribution is 0.0166. The predicted octanol–water partition coefficient (Wildman–Crippen LogP) is 4.16. The summed E-state index contributed by atoms with van der Waals surface area (Å²) >= 11 is 1.53. The average molecular weight is 434 g/mol. The van der Waals surface area contributed by atoms with E-state index < -0.39 is 5.92 Å². The molecule has 1 aliphatic heterocycles. The number of benzene rings is 1. The van der Waals surface area contributed by atoms with E-state index in [4.69, 9.17) is 4.74 Å². The van der Waals surface area contributed by atoms with Crippen LogP contribution in [0.25, 0.3) is 10.2 Å². The Balaban J connectivity index is 1.47. The normalized spacial score (nSPS) is 15.4. The molecular weight excluding hydrogens is 408 g/mol. The first-order valence-corrected chi connectivity index (χ1v) is 10.9. The number of thiophene rings is 1. The van der Waals surface area contributed by atoms with Gasteiger partial charge in [0.2, 0.25) is 5.95 Å². The zero-order valence-corrected chi connectivity index (χ0v) is 17.6. The summed E-state index contributed by atoms with van der Waals surface area (Å²) in [5, 5.41) is 8.48. The summed E-state index contributed by atoms with van der Waals surface area (Å²) in [6.45, 7) is 6.19. The fourth-order valence-corrected chi connectivity index (χ4v) is 4.29. The van der Waals surface area contributed by atoms with E-state index in [2.05, 4.69) is 25.5 Å². The Labute approximate surface area is 178 Å². The van der Waals surface area contributed by atoms with E-state index in [1.165, 1.54) is 17.4 Å². The summed E-state index contributed by atoms with van der Waals surface area (Å²) in [7, 11) is 0. The molecule has 0 spiro atoms. The van der Waals surface area contributed by atoms with E-state index in [0.29, 0.717) is 17.3 Å². The third-order valence-corrected chi connectivity index (χ3v) is 5.97. The molecule has 1 saturated heterocycles. The van der Waals surface area contributed by atoms with Gasteiger partial charge in [-0.05, 0) is 17.0 Å². The molecule has 2 N–H and O–H groups in total. The zero-order valence-electron chi connectivity index (χ0n) is 16.8. The molecule has 0 amide bonds. The molecule has 0 saturated carbocycles. The van der Waals surface area contributed by atoms with Crippen molar-refractivity contribution in [2.45, 2.75) is 19.4 Å². The van der Waals surface area contributed by atoms with Gasteiger partial charge in [0, 0.05) is 45.2 Å². The van der Waals surface area contributed by atoms with Crippen molar-refractivity contribution < 1.29 is 13.5 Å². The number of alkyl halides is 2. The lowest BCUT2D eigenvalue weighted by Gasteiger charge is -2.26. The van der Waals surface area contributed by atoms with E-state index in [9.17, 15) is 8.78 Å². The van der Waals surface area contributed by atoms with Crippen molar-refractivity contribution in [2.24, 2.45) is 0 Å². The Morgan fingerprint density at radius 1 is 1.13 bits per heavy atom. The number of halogens is 2. The summed E-state index contributed by atoms with van der Waals surface area (Å²) in [6, 6.07) is 8.53. The minimum atomic E-state index is -2.89. The van der Waals surface area contributed by atoms with Crippen molar-refractivity contribution in [3.05, 3.63) is 46.8 Å². The van der Waals surface area contributed by atoms with Crippen molar-refractivity contribution >= 4 is 33.3 Å². The van der Waals surface area contributed by atoms with Crippen LogP contribution in [0.2, 0.25) is 0 Å². The smallest absolute Gasteiger partial charge is 0.270 e. The number of aromatic nitrogens is 2. The van der Waals surface area contributed by atoms with E-state index in [-0.39, 0.29) is 12.1 Å². The Bertz CT molecular complexity index is 985. The van der Waals surface area contributed by atoms with Crippen molar-refractivity contribution in [2.75, 3.05) is 50.0 Å².